The van der Waals surface area contributed by atoms with Crippen LogP contribution in [0.15, 0.2) is 12.4 Å². The van der Waals surface area contributed by atoms with E-state index in [4.69, 9.17) is 4.98 Å². The molecule has 0 aromatic carbocycles. The number of hydrogen-bond acceptors (Lipinski definition) is 3. The van der Waals surface area contributed by atoms with Crippen LogP contribution in [-0.4, -0.2) is 47.2 Å². The lowest BCUT2D eigenvalue weighted by molar-refractivity contribution is 0.175. The highest BCUT2D eigenvalue weighted by molar-refractivity contribution is 5.21. The van der Waals surface area contributed by atoms with E-state index in [1.165, 1.54) is 57.8 Å². The molecule has 0 amide bonds. The first kappa shape index (κ1) is 12.8. The van der Waals surface area contributed by atoms with Crippen LogP contribution in [0, 0.1) is 11.8 Å². The van der Waals surface area contributed by atoms with Crippen LogP contribution in [0.5, 0.6) is 0 Å². The Kier molecular flexibility index (Phi) is 3.31. The molecule has 3 heterocycles. The second-order valence-corrected chi connectivity index (χ2v) is 6.80. The largest absolute Gasteiger partial charge is 0.330 e. The summed E-state index contributed by atoms with van der Waals surface area (Å²) in [6.07, 6.45) is 8.18. The van der Waals surface area contributed by atoms with E-state index in [1.807, 2.05) is 6.20 Å². The zero-order chi connectivity index (χ0) is 13.5. The van der Waals surface area contributed by atoms with Gasteiger partial charge < -0.3 is 14.8 Å². The van der Waals surface area contributed by atoms with Gasteiger partial charge in [-0.3, -0.25) is 0 Å². The fourth-order valence-electron chi connectivity index (χ4n) is 4.47. The SMILES string of the molecule is CCCN1CCCC(n2ccnc2C2[C@H]3CNC[C@@H]23)C1. The van der Waals surface area contributed by atoms with Gasteiger partial charge in [0.25, 0.3) is 0 Å². The molecule has 1 saturated carbocycles. The van der Waals surface area contributed by atoms with Gasteiger partial charge in [-0.05, 0) is 57.3 Å². The summed E-state index contributed by atoms with van der Waals surface area (Å²) in [5, 5.41) is 3.49. The highest BCUT2D eigenvalue weighted by Crippen LogP contribution is 2.55. The van der Waals surface area contributed by atoms with Gasteiger partial charge in [-0.1, -0.05) is 6.92 Å². The predicted molar refractivity (Wildman–Crippen MR) is 79.8 cm³/mol. The Morgan fingerprint density at radius 1 is 1.35 bits per heavy atom. The van der Waals surface area contributed by atoms with E-state index in [9.17, 15) is 0 Å². The maximum absolute atomic E-state index is 4.72. The molecule has 2 unspecified atom stereocenters. The molecule has 3 fully saturated rings. The summed E-state index contributed by atoms with van der Waals surface area (Å²) in [5.74, 6) is 3.86. The summed E-state index contributed by atoms with van der Waals surface area (Å²) in [4.78, 5) is 7.36. The Labute approximate surface area is 121 Å². The van der Waals surface area contributed by atoms with Crippen LogP contribution in [0.2, 0.25) is 0 Å². The minimum Gasteiger partial charge on any atom is -0.330 e. The number of likely N-dealkylation sites (tertiary alicyclic amines) is 1. The van der Waals surface area contributed by atoms with E-state index < -0.39 is 0 Å². The van der Waals surface area contributed by atoms with Crippen molar-refractivity contribution in [3.63, 3.8) is 0 Å². The molecule has 4 atom stereocenters. The van der Waals surface area contributed by atoms with Crippen molar-refractivity contribution in [2.45, 2.75) is 38.1 Å². The number of hydrogen-bond donors (Lipinski definition) is 1. The van der Waals surface area contributed by atoms with Crippen molar-refractivity contribution in [3.05, 3.63) is 18.2 Å². The van der Waals surface area contributed by atoms with Crippen LogP contribution in [0.3, 0.4) is 0 Å². The lowest BCUT2D eigenvalue weighted by Gasteiger charge is -2.34. The molecule has 0 spiro atoms. The molecule has 0 radical (unpaired) electrons. The second kappa shape index (κ2) is 5.15. The molecule has 4 heteroatoms. The highest BCUT2D eigenvalue weighted by atomic mass is 15.2. The average Bonchev–Trinajstić information content (AvgIpc) is 2.90. The van der Waals surface area contributed by atoms with Crippen LogP contribution in [0.4, 0.5) is 0 Å². The van der Waals surface area contributed by atoms with E-state index in [0.29, 0.717) is 6.04 Å². The summed E-state index contributed by atoms with van der Waals surface area (Å²) in [7, 11) is 0. The number of imidazole rings is 1. The first-order valence-electron chi connectivity index (χ1n) is 8.34. The molecule has 110 valence electrons. The topological polar surface area (TPSA) is 33.1 Å². The van der Waals surface area contributed by atoms with E-state index >= 15 is 0 Å². The van der Waals surface area contributed by atoms with Gasteiger partial charge in [0.2, 0.25) is 0 Å². The second-order valence-electron chi connectivity index (χ2n) is 6.80. The summed E-state index contributed by atoms with van der Waals surface area (Å²) in [6.45, 7) is 8.44. The fraction of sp³-hybridized carbons (Fsp3) is 0.812. The minimum absolute atomic E-state index is 0.655. The number of fused-ring (bicyclic) bond motifs is 1. The first-order valence-corrected chi connectivity index (χ1v) is 8.34. The predicted octanol–water partition coefficient (Wildman–Crippen LogP) is 1.86. The third-order valence-electron chi connectivity index (χ3n) is 5.50. The van der Waals surface area contributed by atoms with Gasteiger partial charge in [-0.25, -0.2) is 4.98 Å². The molecular formula is C16H26N4. The summed E-state index contributed by atoms with van der Waals surface area (Å²) >= 11 is 0. The van der Waals surface area contributed by atoms with Crippen molar-refractivity contribution in [2.24, 2.45) is 11.8 Å². The van der Waals surface area contributed by atoms with Gasteiger partial charge in [0.05, 0.1) is 0 Å². The Morgan fingerprint density at radius 3 is 3.00 bits per heavy atom. The number of rotatable bonds is 4. The van der Waals surface area contributed by atoms with Crippen LogP contribution in [-0.2, 0) is 0 Å². The molecule has 4 rings (SSSR count). The molecule has 0 bridgehead atoms. The average molecular weight is 274 g/mol. The van der Waals surface area contributed by atoms with Gasteiger partial charge in [0.15, 0.2) is 0 Å². The zero-order valence-corrected chi connectivity index (χ0v) is 12.5. The monoisotopic (exact) mass is 274 g/mol. The van der Waals surface area contributed by atoms with E-state index in [2.05, 4.69) is 27.9 Å². The molecule has 1 N–H and O–H groups in total. The lowest BCUT2D eigenvalue weighted by Crippen LogP contribution is -2.37. The first-order chi connectivity index (χ1) is 9.88. The standard InChI is InChI=1S/C16H26N4/c1-2-6-19-7-3-4-12(11-19)20-8-5-18-16(20)15-13-9-17-10-14(13)15/h5,8,12-15,17H,2-4,6-7,9-11H2,1H3/t12?,13-,14+,15?. The van der Waals surface area contributed by atoms with Gasteiger partial charge in [0, 0.05) is 30.9 Å². The van der Waals surface area contributed by atoms with Crippen LogP contribution < -0.4 is 5.32 Å². The zero-order valence-electron chi connectivity index (χ0n) is 12.5. The third-order valence-corrected chi connectivity index (χ3v) is 5.50. The van der Waals surface area contributed by atoms with Crippen molar-refractivity contribution in [1.29, 1.82) is 0 Å². The molecule has 1 aromatic heterocycles. The lowest BCUT2D eigenvalue weighted by atomic mass is 10.0. The van der Waals surface area contributed by atoms with Crippen molar-refractivity contribution < 1.29 is 0 Å². The molecule has 3 aliphatic rings. The number of aromatic nitrogens is 2. The number of piperidine rings is 2. The van der Waals surface area contributed by atoms with Gasteiger partial charge in [-0.2, -0.15) is 0 Å². The Hall–Kier alpha value is -0.870. The van der Waals surface area contributed by atoms with Crippen LogP contribution >= 0.6 is 0 Å². The molecule has 20 heavy (non-hydrogen) atoms. The molecular weight excluding hydrogens is 248 g/mol. The minimum atomic E-state index is 0.655. The summed E-state index contributed by atoms with van der Waals surface area (Å²) in [5.41, 5.74) is 0. The van der Waals surface area contributed by atoms with E-state index in [0.717, 1.165) is 17.8 Å². The van der Waals surface area contributed by atoms with E-state index in [-0.39, 0.29) is 0 Å². The van der Waals surface area contributed by atoms with Crippen LogP contribution in [0.1, 0.15) is 44.0 Å². The van der Waals surface area contributed by atoms with E-state index in [1.54, 1.807) is 0 Å². The molecule has 1 aliphatic carbocycles. The van der Waals surface area contributed by atoms with Gasteiger partial charge in [-0.15, -0.1) is 0 Å². The number of nitrogens with zero attached hydrogens (tertiary/aromatic N) is 3. The van der Waals surface area contributed by atoms with Gasteiger partial charge in [0.1, 0.15) is 5.82 Å². The molecule has 2 aliphatic heterocycles. The smallest absolute Gasteiger partial charge is 0.112 e. The van der Waals surface area contributed by atoms with Crippen LogP contribution in [0.25, 0.3) is 0 Å². The quantitative estimate of drug-likeness (QED) is 0.910. The van der Waals surface area contributed by atoms with Crippen molar-refractivity contribution in [3.8, 4) is 0 Å². The highest BCUT2D eigenvalue weighted by Gasteiger charge is 2.55. The maximum Gasteiger partial charge on any atom is 0.112 e. The van der Waals surface area contributed by atoms with Crippen molar-refractivity contribution >= 4 is 0 Å². The normalized spacial score (nSPS) is 37.0. The molecule has 4 nitrogen and oxygen atoms in total. The van der Waals surface area contributed by atoms with Crippen molar-refractivity contribution in [2.75, 3.05) is 32.7 Å². The van der Waals surface area contributed by atoms with Crippen molar-refractivity contribution in [1.82, 2.24) is 19.8 Å². The summed E-state index contributed by atoms with van der Waals surface area (Å²) < 4.78 is 2.52. The summed E-state index contributed by atoms with van der Waals surface area (Å²) in [6, 6.07) is 0.655. The fourth-order valence-corrected chi connectivity index (χ4v) is 4.47. The third kappa shape index (κ3) is 2.09. The maximum atomic E-state index is 4.72. The molecule has 2 saturated heterocycles. The number of nitrogens with one attached hydrogen (secondary N) is 1. The van der Waals surface area contributed by atoms with Gasteiger partial charge >= 0.3 is 0 Å². The molecule has 1 aromatic rings. The Bertz CT molecular complexity index is 457. The Morgan fingerprint density at radius 2 is 2.20 bits per heavy atom. The Balaban J connectivity index is 1.50.